The van der Waals surface area contributed by atoms with Crippen molar-refractivity contribution in [3.8, 4) is 0 Å². The summed E-state index contributed by atoms with van der Waals surface area (Å²) in [7, 11) is 0. The summed E-state index contributed by atoms with van der Waals surface area (Å²) in [5, 5.41) is 13.0. The zero-order valence-electron chi connectivity index (χ0n) is 17.3. The monoisotopic (exact) mass is 493 g/mol. The number of nitro benzene ring substituents is 1. The Morgan fingerprint density at radius 1 is 1.06 bits per heavy atom. The van der Waals surface area contributed by atoms with Crippen LogP contribution in [0.25, 0.3) is 20.3 Å². The molecule has 0 radical (unpaired) electrons. The van der Waals surface area contributed by atoms with Crippen LogP contribution in [-0.2, 0) is 6.54 Å². The third kappa shape index (κ3) is 4.08. The number of aryl methyl sites for hydroxylation is 1. The number of hydrogen-bond donors (Lipinski definition) is 0. The van der Waals surface area contributed by atoms with Crippen LogP contribution in [0.4, 0.5) is 10.8 Å². The Morgan fingerprint density at radius 3 is 2.58 bits per heavy atom. The van der Waals surface area contributed by atoms with E-state index in [-0.39, 0.29) is 11.6 Å². The van der Waals surface area contributed by atoms with Gasteiger partial charge in [-0.1, -0.05) is 53.3 Å². The number of nitrogens with zero attached hydrogens (tertiary/aromatic N) is 3. The first-order valence-electron chi connectivity index (χ1n) is 10.00. The van der Waals surface area contributed by atoms with Crippen molar-refractivity contribution in [2.45, 2.75) is 13.5 Å². The number of non-ortho nitro benzene ring substituents is 1. The molecule has 0 bridgehead atoms. The highest BCUT2D eigenvalue weighted by Gasteiger charge is 2.24. The van der Waals surface area contributed by atoms with E-state index in [0.717, 1.165) is 26.0 Å². The molecule has 0 fully saturated rings. The van der Waals surface area contributed by atoms with E-state index >= 15 is 0 Å². The molecule has 5 rings (SSSR count). The molecular weight excluding hydrogens is 478 g/mol. The number of anilines is 1. The minimum atomic E-state index is -0.436. The molecule has 33 heavy (non-hydrogen) atoms. The third-order valence-corrected chi connectivity index (χ3v) is 7.87. The number of carbonyl (C=O) groups excluding carboxylic acids is 1. The lowest BCUT2D eigenvalue weighted by Gasteiger charge is -2.19. The summed E-state index contributed by atoms with van der Waals surface area (Å²) >= 11 is 9.03. The lowest BCUT2D eigenvalue weighted by Crippen LogP contribution is -2.29. The van der Waals surface area contributed by atoms with Crippen LogP contribution in [0.1, 0.15) is 20.8 Å². The Labute approximate surface area is 201 Å². The molecule has 164 valence electrons. The first kappa shape index (κ1) is 21.5. The smallest absolute Gasteiger partial charge is 0.270 e. The number of aromatic nitrogens is 1. The van der Waals surface area contributed by atoms with Gasteiger partial charge in [0.1, 0.15) is 0 Å². The van der Waals surface area contributed by atoms with Gasteiger partial charge in [0.25, 0.3) is 11.6 Å². The average Bonchev–Trinajstić information content (AvgIpc) is 3.44. The second kappa shape index (κ2) is 8.55. The topological polar surface area (TPSA) is 76.3 Å². The fourth-order valence-electron chi connectivity index (χ4n) is 3.58. The zero-order valence-corrected chi connectivity index (χ0v) is 19.7. The summed E-state index contributed by atoms with van der Waals surface area (Å²) in [4.78, 5) is 31.3. The highest BCUT2D eigenvalue weighted by molar-refractivity contribution is 7.23. The van der Waals surface area contributed by atoms with Crippen LogP contribution in [0.15, 0.2) is 66.7 Å². The lowest BCUT2D eigenvalue weighted by molar-refractivity contribution is -0.384. The first-order valence-corrected chi connectivity index (χ1v) is 12.0. The molecule has 0 saturated carbocycles. The maximum absolute atomic E-state index is 13.7. The molecule has 2 heterocycles. The van der Waals surface area contributed by atoms with Gasteiger partial charge in [-0.25, -0.2) is 4.98 Å². The average molecular weight is 494 g/mol. The molecule has 9 heteroatoms. The molecule has 0 saturated heterocycles. The fraction of sp³-hybridized carbons (Fsp3) is 0.0833. The number of carbonyl (C=O) groups is 1. The van der Waals surface area contributed by atoms with Crippen molar-refractivity contribution < 1.29 is 9.72 Å². The summed E-state index contributed by atoms with van der Waals surface area (Å²) in [5.41, 5.74) is 2.62. The van der Waals surface area contributed by atoms with E-state index < -0.39 is 4.92 Å². The molecule has 2 aromatic heterocycles. The molecule has 0 N–H and O–H groups in total. The molecule has 1 amide bonds. The fourth-order valence-corrected chi connectivity index (χ4v) is 5.75. The Bertz CT molecular complexity index is 1530. The summed E-state index contributed by atoms with van der Waals surface area (Å²) < 4.78 is 1.76. The maximum Gasteiger partial charge on any atom is 0.270 e. The number of thiophene rings is 1. The van der Waals surface area contributed by atoms with Crippen LogP contribution < -0.4 is 4.90 Å². The standard InChI is InChI=1S/C24H16ClN3O3S2/c1-14-18(25)8-10-20-22(14)26-24(33-20)27(13-15-5-3-2-4-6-15)23(29)21-12-16-11-17(28(30)31)7-9-19(16)32-21/h2-12H,13H2,1H3. The van der Waals surface area contributed by atoms with E-state index in [1.54, 1.807) is 17.0 Å². The van der Waals surface area contributed by atoms with Crippen molar-refractivity contribution in [1.82, 2.24) is 4.98 Å². The summed E-state index contributed by atoms with van der Waals surface area (Å²) in [5.74, 6) is -0.203. The highest BCUT2D eigenvalue weighted by atomic mass is 35.5. The molecule has 0 aliphatic rings. The molecule has 0 aliphatic heterocycles. The second-order valence-electron chi connectivity index (χ2n) is 7.48. The quantitative estimate of drug-likeness (QED) is 0.191. The van der Waals surface area contributed by atoms with Gasteiger partial charge in [0.05, 0.1) is 26.6 Å². The number of halogens is 1. The normalized spacial score (nSPS) is 11.2. The SMILES string of the molecule is Cc1c(Cl)ccc2sc(N(Cc3ccccc3)C(=O)c3cc4cc([N+](=O)[O-])ccc4s3)nc12. The number of benzene rings is 3. The van der Waals surface area contributed by atoms with Crippen LogP contribution in [0.3, 0.4) is 0 Å². The summed E-state index contributed by atoms with van der Waals surface area (Å²) in [6.07, 6.45) is 0. The number of fused-ring (bicyclic) bond motifs is 2. The van der Waals surface area contributed by atoms with Crippen molar-refractivity contribution in [2.24, 2.45) is 0 Å². The minimum Gasteiger partial charge on any atom is -0.279 e. The predicted molar refractivity (Wildman–Crippen MR) is 135 cm³/mol. The van der Waals surface area contributed by atoms with E-state index in [0.29, 0.717) is 27.0 Å². The zero-order chi connectivity index (χ0) is 23.1. The largest absolute Gasteiger partial charge is 0.279 e. The number of hydrogen-bond acceptors (Lipinski definition) is 6. The second-order valence-corrected chi connectivity index (χ2v) is 9.98. The maximum atomic E-state index is 13.7. The van der Waals surface area contributed by atoms with Crippen LogP contribution in [0, 0.1) is 17.0 Å². The molecule has 0 atom stereocenters. The number of rotatable bonds is 5. The highest BCUT2D eigenvalue weighted by Crippen LogP contribution is 2.36. The van der Waals surface area contributed by atoms with Crippen LogP contribution in [0.5, 0.6) is 0 Å². The third-order valence-electron chi connectivity index (χ3n) is 5.32. The molecule has 5 aromatic rings. The first-order chi connectivity index (χ1) is 15.9. The van der Waals surface area contributed by atoms with Crippen molar-refractivity contribution in [1.29, 1.82) is 0 Å². The van der Waals surface area contributed by atoms with E-state index in [9.17, 15) is 14.9 Å². The summed E-state index contributed by atoms with van der Waals surface area (Å²) in [6.45, 7) is 2.26. The number of thiazole rings is 1. The Hall–Kier alpha value is -3.33. The van der Waals surface area contributed by atoms with Gasteiger partial charge in [-0.05, 0) is 42.3 Å². The molecule has 3 aromatic carbocycles. The van der Waals surface area contributed by atoms with Crippen molar-refractivity contribution in [3.05, 3.63) is 97.9 Å². The molecule has 0 aliphatic carbocycles. The van der Waals surface area contributed by atoms with E-state index in [2.05, 4.69) is 0 Å². The van der Waals surface area contributed by atoms with Crippen LogP contribution in [-0.4, -0.2) is 15.8 Å². The van der Waals surface area contributed by atoms with Gasteiger partial charge in [0.15, 0.2) is 5.13 Å². The van der Waals surface area contributed by atoms with Crippen molar-refractivity contribution in [2.75, 3.05) is 4.90 Å². The Kier molecular flexibility index (Phi) is 5.57. The Morgan fingerprint density at radius 2 is 1.82 bits per heavy atom. The van der Waals surface area contributed by atoms with Crippen LogP contribution in [0.2, 0.25) is 5.02 Å². The predicted octanol–water partition coefficient (Wildman–Crippen LogP) is 7.23. The van der Waals surface area contributed by atoms with Gasteiger partial charge < -0.3 is 0 Å². The molecule has 0 spiro atoms. The van der Waals surface area contributed by atoms with Gasteiger partial charge >= 0.3 is 0 Å². The van der Waals surface area contributed by atoms with Crippen LogP contribution >= 0.6 is 34.3 Å². The van der Waals surface area contributed by atoms with Gasteiger partial charge in [0.2, 0.25) is 0 Å². The molecule has 6 nitrogen and oxygen atoms in total. The number of nitro groups is 1. The van der Waals surface area contributed by atoms with Gasteiger partial charge in [-0.3, -0.25) is 19.8 Å². The van der Waals surface area contributed by atoms with Gasteiger partial charge in [0, 0.05) is 27.2 Å². The Balaban J connectivity index is 1.60. The van der Waals surface area contributed by atoms with Crippen molar-refractivity contribution in [3.63, 3.8) is 0 Å². The lowest BCUT2D eigenvalue weighted by atomic mass is 10.2. The van der Waals surface area contributed by atoms with E-state index in [4.69, 9.17) is 16.6 Å². The molecule has 0 unspecified atom stereocenters. The van der Waals surface area contributed by atoms with Gasteiger partial charge in [-0.15, -0.1) is 11.3 Å². The minimum absolute atomic E-state index is 0.000956. The van der Waals surface area contributed by atoms with E-state index in [1.807, 2.05) is 49.4 Å². The molecular formula is C24H16ClN3O3S2. The van der Waals surface area contributed by atoms with Gasteiger partial charge in [-0.2, -0.15) is 0 Å². The van der Waals surface area contributed by atoms with Crippen molar-refractivity contribution >= 4 is 71.3 Å². The number of amides is 1. The van der Waals surface area contributed by atoms with E-state index in [1.165, 1.54) is 34.8 Å². The summed E-state index contributed by atoms with van der Waals surface area (Å²) in [6, 6.07) is 19.8.